The van der Waals surface area contributed by atoms with E-state index >= 15 is 0 Å². The third-order valence-electron chi connectivity index (χ3n) is 5.14. The minimum atomic E-state index is -0.425. The molecule has 0 radical (unpaired) electrons. The molecule has 1 aliphatic heterocycles. The third-order valence-corrected chi connectivity index (χ3v) is 6.05. The maximum Gasteiger partial charge on any atom is 0.274 e. The van der Waals surface area contributed by atoms with Crippen LogP contribution in [0.3, 0.4) is 0 Å². The van der Waals surface area contributed by atoms with E-state index in [9.17, 15) is 14.0 Å². The number of thiophene rings is 1. The summed E-state index contributed by atoms with van der Waals surface area (Å²) in [6, 6.07) is 2.92. The van der Waals surface area contributed by atoms with E-state index in [1.54, 1.807) is 11.1 Å². The molecule has 0 aliphatic carbocycles. The van der Waals surface area contributed by atoms with Gasteiger partial charge in [0.15, 0.2) is 5.69 Å². The number of fused-ring (bicyclic) bond motifs is 1. The first-order valence-corrected chi connectivity index (χ1v) is 10.5. The molecule has 4 heterocycles. The van der Waals surface area contributed by atoms with Crippen molar-refractivity contribution in [1.29, 1.82) is 0 Å². The van der Waals surface area contributed by atoms with E-state index in [0.717, 1.165) is 12.6 Å². The van der Waals surface area contributed by atoms with Gasteiger partial charge < -0.3 is 16.0 Å². The normalized spacial score (nSPS) is 17.3. The number of anilines is 1. The van der Waals surface area contributed by atoms with Crippen molar-refractivity contribution in [2.45, 2.75) is 25.8 Å². The zero-order chi connectivity index (χ0) is 21.3. The van der Waals surface area contributed by atoms with E-state index in [2.05, 4.69) is 20.3 Å². The summed E-state index contributed by atoms with van der Waals surface area (Å²) in [6.07, 6.45) is 3.72. The van der Waals surface area contributed by atoms with Gasteiger partial charge in [-0.3, -0.25) is 14.6 Å². The highest BCUT2D eigenvalue weighted by molar-refractivity contribution is 7.17. The molecule has 1 fully saturated rings. The van der Waals surface area contributed by atoms with Gasteiger partial charge in [-0.15, -0.1) is 11.3 Å². The fourth-order valence-electron chi connectivity index (χ4n) is 3.63. The lowest BCUT2D eigenvalue weighted by Crippen LogP contribution is -2.30. The Morgan fingerprint density at radius 3 is 3.00 bits per heavy atom. The van der Waals surface area contributed by atoms with E-state index in [1.165, 1.54) is 17.4 Å². The first-order valence-electron chi connectivity index (χ1n) is 9.60. The molecule has 10 heteroatoms. The van der Waals surface area contributed by atoms with Crippen molar-refractivity contribution >= 4 is 39.3 Å². The second kappa shape index (κ2) is 8.31. The Morgan fingerprint density at radius 1 is 1.40 bits per heavy atom. The van der Waals surface area contributed by atoms with Crippen LogP contribution in [0.15, 0.2) is 29.9 Å². The number of hydrogen-bond donors (Lipinski definition) is 2. The van der Waals surface area contributed by atoms with Gasteiger partial charge in [0.25, 0.3) is 5.91 Å². The maximum atomic E-state index is 13.5. The lowest BCUT2D eigenvalue weighted by molar-refractivity contribution is -0.118. The van der Waals surface area contributed by atoms with Crippen molar-refractivity contribution in [3.63, 3.8) is 0 Å². The summed E-state index contributed by atoms with van der Waals surface area (Å²) in [4.78, 5) is 38.9. The SMILES string of the molecule is C[C@H](Nc1nc(C(=O)N2CC[C@H](CC(N)=O)C2)c2sccc2n1)c1cncc(F)c1. The lowest BCUT2D eigenvalue weighted by Gasteiger charge is -2.18. The number of amides is 2. The van der Waals surface area contributed by atoms with Crippen molar-refractivity contribution in [1.82, 2.24) is 19.9 Å². The Balaban J connectivity index is 1.58. The maximum absolute atomic E-state index is 13.5. The van der Waals surface area contributed by atoms with Crippen molar-refractivity contribution in [3.8, 4) is 0 Å². The van der Waals surface area contributed by atoms with Gasteiger partial charge >= 0.3 is 0 Å². The molecule has 3 N–H and O–H groups in total. The number of pyridine rings is 1. The first kappa shape index (κ1) is 20.1. The molecule has 0 bridgehead atoms. The number of nitrogens with zero attached hydrogens (tertiary/aromatic N) is 4. The molecule has 0 saturated carbocycles. The molecular weight excluding hydrogens is 407 g/mol. The van der Waals surface area contributed by atoms with Crippen LogP contribution in [0, 0.1) is 11.7 Å². The number of likely N-dealkylation sites (tertiary alicyclic amines) is 1. The van der Waals surface area contributed by atoms with Gasteiger partial charge in [-0.2, -0.15) is 0 Å². The van der Waals surface area contributed by atoms with Crippen LogP contribution >= 0.6 is 11.3 Å². The summed E-state index contributed by atoms with van der Waals surface area (Å²) in [5.74, 6) is -0.617. The minimum absolute atomic E-state index is 0.0743. The highest BCUT2D eigenvalue weighted by Crippen LogP contribution is 2.28. The summed E-state index contributed by atoms with van der Waals surface area (Å²) in [7, 11) is 0. The fourth-order valence-corrected chi connectivity index (χ4v) is 4.45. The summed E-state index contributed by atoms with van der Waals surface area (Å²) in [6.45, 7) is 2.88. The number of carbonyl (C=O) groups excluding carboxylic acids is 2. The Kier molecular flexibility index (Phi) is 5.58. The Bertz CT molecular complexity index is 1100. The molecular formula is C20H21FN6O2S. The van der Waals surface area contributed by atoms with Crippen molar-refractivity contribution in [2.75, 3.05) is 18.4 Å². The molecule has 156 valence electrons. The molecule has 30 heavy (non-hydrogen) atoms. The monoisotopic (exact) mass is 428 g/mol. The largest absolute Gasteiger partial charge is 0.370 e. The van der Waals surface area contributed by atoms with Gasteiger partial charge in [0.1, 0.15) is 5.82 Å². The Labute approximate surface area is 176 Å². The summed E-state index contributed by atoms with van der Waals surface area (Å²) in [5, 5.41) is 4.99. The molecule has 2 amide bonds. The highest BCUT2D eigenvalue weighted by Gasteiger charge is 2.30. The second-order valence-electron chi connectivity index (χ2n) is 7.41. The first-order chi connectivity index (χ1) is 14.4. The van der Waals surface area contributed by atoms with Gasteiger partial charge in [0.05, 0.1) is 22.5 Å². The number of aromatic nitrogens is 3. The van der Waals surface area contributed by atoms with E-state index in [4.69, 9.17) is 5.73 Å². The fraction of sp³-hybridized carbons (Fsp3) is 0.350. The van der Waals surface area contributed by atoms with Crippen LogP contribution in [0.2, 0.25) is 0 Å². The zero-order valence-electron chi connectivity index (χ0n) is 16.3. The standard InChI is InChI=1S/C20H21FN6O2S/c1-11(13-7-14(21)9-23-8-13)24-20-25-15-3-5-30-18(15)17(26-20)19(29)27-4-2-12(10-27)6-16(22)28/h3,5,7-9,11-12H,2,4,6,10H2,1H3,(H2,22,28)(H,24,25,26)/t11-,12+/m0/s1. The molecule has 0 unspecified atom stereocenters. The molecule has 8 nitrogen and oxygen atoms in total. The quantitative estimate of drug-likeness (QED) is 0.624. The molecule has 2 atom stereocenters. The van der Waals surface area contributed by atoms with Crippen molar-refractivity contribution in [3.05, 3.63) is 47.0 Å². The van der Waals surface area contributed by atoms with E-state index < -0.39 is 5.82 Å². The number of nitrogens with two attached hydrogens (primary N) is 1. The molecule has 3 aromatic heterocycles. The average Bonchev–Trinajstić information content (AvgIpc) is 3.35. The molecule has 1 aliphatic rings. The number of primary amides is 1. The molecule has 0 spiro atoms. The molecule has 4 rings (SSSR count). The number of halogens is 1. The van der Waals surface area contributed by atoms with Gasteiger partial charge in [-0.25, -0.2) is 14.4 Å². The van der Waals surface area contributed by atoms with E-state index in [1.807, 2.05) is 18.4 Å². The van der Waals surface area contributed by atoms with Gasteiger partial charge in [0, 0.05) is 25.7 Å². The van der Waals surface area contributed by atoms with Gasteiger partial charge in [0.2, 0.25) is 11.9 Å². The minimum Gasteiger partial charge on any atom is -0.370 e. The predicted molar refractivity (Wildman–Crippen MR) is 111 cm³/mol. The van der Waals surface area contributed by atoms with Crippen molar-refractivity contribution < 1.29 is 14.0 Å². The van der Waals surface area contributed by atoms with Crippen LogP contribution in [0.4, 0.5) is 10.3 Å². The number of hydrogen-bond acceptors (Lipinski definition) is 7. The Morgan fingerprint density at radius 2 is 2.23 bits per heavy atom. The van der Waals surface area contributed by atoms with Crippen LogP contribution in [0.1, 0.15) is 41.9 Å². The van der Waals surface area contributed by atoms with Crippen molar-refractivity contribution in [2.24, 2.45) is 11.7 Å². The smallest absolute Gasteiger partial charge is 0.274 e. The highest BCUT2D eigenvalue weighted by atomic mass is 32.1. The lowest BCUT2D eigenvalue weighted by atomic mass is 10.1. The second-order valence-corrected chi connectivity index (χ2v) is 8.33. The van der Waals surface area contributed by atoms with Gasteiger partial charge in [-0.05, 0) is 42.3 Å². The number of carbonyl (C=O) groups is 2. The van der Waals surface area contributed by atoms with Crippen LogP contribution in [-0.2, 0) is 4.79 Å². The summed E-state index contributed by atoms with van der Waals surface area (Å²) in [5.41, 5.74) is 6.92. The molecule has 1 saturated heterocycles. The third kappa shape index (κ3) is 4.23. The predicted octanol–water partition coefficient (Wildman–Crippen LogP) is 2.74. The molecule has 3 aromatic rings. The van der Waals surface area contributed by atoms with Crippen LogP contribution in [0.25, 0.3) is 10.2 Å². The zero-order valence-corrected chi connectivity index (χ0v) is 17.2. The van der Waals surface area contributed by atoms with Crippen LogP contribution in [0.5, 0.6) is 0 Å². The average molecular weight is 428 g/mol. The van der Waals surface area contributed by atoms with E-state index in [0.29, 0.717) is 34.6 Å². The summed E-state index contributed by atoms with van der Waals surface area (Å²) >= 11 is 1.40. The molecule has 0 aromatic carbocycles. The number of nitrogens with one attached hydrogen (secondary N) is 1. The van der Waals surface area contributed by atoms with Crippen LogP contribution < -0.4 is 11.1 Å². The van der Waals surface area contributed by atoms with E-state index in [-0.39, 0.29) is 36.1 Å². The topological polar surface area (TPSA) is 114 Å². The van der Waals surface area contributed by atoms with Gasteiger partial charge in [-0.1, -0.05) is 0 Å². The number of rotatable bonds is 6. The Hall–Kier alpha value is -3.14. The van der Waals surface area contributed by atoms with Crippen LogP contribution in [-0.4, -0.2) is 44.8 Å². The summed E-state index contributed by atoms with van der Waals surface area (Å²) < 4.78 is 14.2.